The van der Waals surface area contributed by atoms with Crippen molar-refractivity contribution in [3.8, 4) is 0 Å². The lowest BCUT2D eigenvalue weighted by Crippen LogP contribution is -2.53. The van der Waals surface area contributed by atoms with Crippen LogP contribution in [0.25, 0.3) is 0 Å². The Labute approximate surface area is 154 Å². The zero-order chi connectivity index (χ0) is 18.7. The highest BCUT2D eigenvalue weighted by Gasteiger charge is 2.40. The lowest BCUT2D eigenvalue weighted by Gasteiger charge is -2.45. The maximum absolute atomic E-state index is 12.6. The molecule has 2 aliphatic rings. The quantitative estimate of drug-likeness (QED) is 0.512. The van der Waals surface area contributed by atoms with E-state index in [2.05, 4.69) is 15.0 Å². The first kappa shape index (κ1) is 19.3. The van der Waals surface area contributed by atoms with Gasteiger partial charge in [0, 0.05) is 31.9 Å². The van der Waals surface area contributed by atoms with Gasteiger partial charge in [0.2, 0.25) is 10.0 Å². The van der Waals surface area contributed by atoms with Crippen LogP contribution < -0.4 is 15.8 Å². The monoisotopic (exact) mass is 384 g/mol. The summed E-state index contributed by atoms with van der Waals surface area (Å²) in [4.78, 5) is 15.4. The number of carbonyl (C=O) groups excluding carboxylic acids is 1. The molecule has 2 bridgehead atoms. The van der Waals surface area contributed by atoms with Crippen molar-refractivity contribution in [1.29, 1.82) is 0 Å². The van der Waals surface area contributed by atoms with Crippen LogP contribution in [-0.2, 0) is 14.8 Å². The molecule has 1 aromatic heterocycles. The van der Waals surface area contributed by atoms with Gasteiger partial charge in [-0.15, -0.1) is 0 Å². The number of aromatic nitrogens is 1. The van der Waals surface area contributed by atoms with Crippen LogP contribution >= 0.6 is 0 Å². The second-order valence-electron chi connectivity index (χ2n) is 7.32. The van der Waals surface area contributed by atoms with Crippen LogP contribution in [0.1, 0.15) is 42.6 Å². The minimum atomic E-state index is -3.66. The molecule has 2 atom stereocenters. The van der Waals surface area contributed by atoms with Crippen molar-refractivity contribution in [3.05, 3.63) is 18.0 Å². The molecule has 0 aliphatic heterocycles. The van der Waals surface area contributed by atoms with E-state index in [1.807, 2.05) is 0 Å². The van der Waals surface area contributed by atoms with E-state index in [1.165, 1.54) is 25.8 Å². The SMILES string of the molecule is COCCNS(=O)(=O)c1c[nH]c(C(=O)NC2C3CCCC2CC(N)C3)c1. The standard InChI is InChI=1S/C17H28N4O4S/c1-25-6-5-20-26(23,24)14-9-15(19-10-14)17(22)21-16-11-3-2-4-12(16)8-13(18)7-11/h9-13,16,19-20H,2-8,18H2,1H3,(H,21,22). The number of carbonyl (C=O) groups is 1. The second kappa shape index (κ2) is 8.08. The number of rotatable bonds is 7. The number of hydrogen-bond acceptors (Lipinski definition) is 5. The highest BCUT2D eigenvalue weighted by atomic mass is 32.2. The Morgan fingerprint density at radius 3 is 2.69 bits per heavy atom. The molecule has 2 fully saturated rings. The fourth-order valence-corrected chi connectivity index (χ4v) is 5.28. The van der Waals surface area contributed by atoms with Gasteiger partial charge in [0.15, 0.2) is 0 Å². The first-order valence-electron chi connectivity index (χ1n) is 9.14. The van der Waals surface area contributed by atoms with Crippen LogP contribution in [0.3, 0.4) is 0 Å². The molecule has 0 spiro atoms. The van der Waals surface area contributed by atoms with Crippen LogP contribution in [0.15, 0.2) is 17.2 Å². The Hall–Kier alpha value is -1.42. The summed E-state index contributed by atoms with van der Waals surface area (Å²) < 4.78 is 31.7. The number of nitrogens with one attached hydrogen (secondary N) is 3. The fraction of sp³-hybridized carbons (Fsp3) is 0.706. The van der Waals surface area contributed by atoms with Gasteiger partial charge >= 0.3 is 0 Å². The minimum absolute atomic E-state index is 0.0459. The van der Waals surface area contributed by atoms with Crippen molar-refractivity contribution in [1.82, 2.24) is 15.0 Å². The molecule has 1 heterocycles. The average molecular weight is 385 g/mol. The van der Waals surface area contributed by atoms with Gasteiger partial charge < -0.3 is 20.8 Å². The minimum Gasteiger partial charge on any atom is -0.383 e. The van der Waals surface area contributed by atoms with Crippen molar-refractivity contribution in [2.24, 2.45) is 17.6 Å². The highest BCUT2D eigenvalue weighted by molar-refractivity contribution is 7.89. The van der Waals surface area contributed by atoms with Crippen LogP contribution in [0, 0.1) is 11.8 Å². The van der Waals surface area contributed by atoms with Crippen molar-refractivity contribution < 1.29 is 17.9 Å². The molecule has 8 nitrogen and oxygen atoms in total. The Morgan fingerprint density at radius 2 is 2.04 bits per heavy atom. The van der Waals surface area contributed by atoms with E-state index in [1.54, 1.807) is 0 Å². The van der Waals surface area contributed by atoms with Gasteiger partial charge in [0.05, 0.1) is 6.61 Å². The third-order valence-corrected chi connectivity index (χ3v) is 6.92. The Balaban J connectivity index is 1.65. The van der Waals surface area contributed by atoms with E-state index in [0.29, 0.717) is 11.8 Å². The third kappa shape index (κ3) is 4.28. The summed E-state index contributed by atoms with van der Waals surface area (Å²) in [6, 6.07) is 1.72. The number of sulfonamides is 1. The van der Waals surface area contributed by atoms with Gasteiger partial charge in [-0.25, -0.2) is 13.1 Å². The summed E-state index contributed by atoms with van der Waals surface area (Å²) in [6.45, 7) is 0.459. The summed E-state index contributed by atoms with van der Waals surface area (Å²) >= 11 is 0. The Kier molecular flexibility index (Phi) is 6.01. The number of nitrogens with two attached hydrogens (primary N) is 1. The highest BCUT2D eigenvalue weighted by Crippen LogP contribution is 2.39. The maximum atomic E-state index is 12.6. The largest absolute Gasteiger partial charge is 0.383 e. The summed E-state index contributed by atoms with van der Waals surface area (Å²) in [7, 11) is -2.16. The van der Waals surface area contributed by atoms with Gasteiger partial charge in [0.25, 0.3) is 5.91 Å². The maximum Gasteiger partial charge on any atom is 0.267 e. The molecule has 0 aromatic carbocycles. The molecular weight excluding hydrogens is 356 g/mol. The lowest BCUT2D eigenvalue weighted by atomic mass is 9.67. The number of fused-ring (bicyclic) bond motifs is 2. The van der Waals surface area contributed by atoms with Crippen LogP contribution in [-0.4, -0.2) is 51.7 Å². The van der Waals surface area contributed by atoms with Gasteiger partial charge in [-0.05, 0) is 43.6 Å². The lowest BCUT2D eigenvalue weighted by molar-refractivity contribution is 0.0752. The van der Waals surface area contributed by atoms with E-state index in [0.717, 1.165) is 25.7 Å². The van der Waals surface area contributed by atoms with E-state index in [-0.39, 0.29) is 41.7 Å². The Bertz CT molecular complexity index is 719. The van der Waals surface area contributed by atoms with Crippen molar-refractivity contribution in [3.63, 3.8) is 0 Å². The number of amides is 1. The predicted octanol–water partition coefficient (Wildman–Crippen LogP) is 0.575. The normalized spacial score (nSPS) is 28.7. The van der Waals surface area contributed by atoms with Crippen LogP contribution in [0.5, 0.6) is 0 Å². The summed E-state index contributed by atoms with van der Waals surface area (Å²) in [6.07, 6.45) is 6.57. The van der Waals surface area contributed by atoms with Crippen LogP contribution in [0.2, 0.25) is 0 Å². The molecule has 146 valence electrons. The van der Waals surface area contributed by atoms with E-state index >= 15 is 0 Å². The molecule has 2 saturated carbocycles. The third-order valence-electron chi connectivity index (χ3n) is 5.48. The zero-order valence-electron chi connectivity index (χ0n) is 15.0. The fourth-order valence-electron chi connectivity index (χ4n) is 4.28. The number of ether oxygens (including phenoxy) is 1. The number of aromatic amines is 1. The molecular formula is C17H28N4O4S. The average Bonchev–Trinajstić information content (AvgIpc) is 3.07. The summed E-state index contributed by atoms with van der Waals surface area (Å²) in [5, 5.41) is 3.11. The second-order valence-corrected chi connectivity index (χ2v) is 9.09. The van der Waals surface area contributed by atoms with Crippen LogP contribution in [0.4, 0.5) is 0 Å². The molecule has 0 saturated heterocycles. The first-order chi connectivity index (χ1) is 12.4. The molecule has 26 heavy (non-hydrogen) atoms. The van der Waals surface area contributed by atoms with E-state index in [4.69, 9.17) is 10.5 Å². The predicted molar refractivity (Wildman–Crippen MR) is 97.2 cm³/mol. The topological polar surface area (TPSA) is 126 Å². The molecule has 3 rings (SSSR count). The van der Waals surface area contributed by atoms with Crippen molar-refractivity contribution >= 4 is 15.9 Å². The molecule has 9 heteroatoms. The molecule has 2 unspecified atom stereocenters. The first-order valence-corrected chi connectivity index (χ1v) is 10.6. The van der Waals surface area contributed by atoms with Gasteiger partial charge in [-0.3, -0.25) is 4.79 Å². The van der Waals surface area contributed by atoms with Gasteiger partial charge in [-0.2, -0.15) is 0 Å². The molecule has 5 N–H and O–H groups in total. The molecule has 1 amide bonds. The number of H-pyrrole nitrogens is 1. The summed E-state index contributed by atoms with van der Waals surface area (Å²) in [5.41, 5.74) is 6.38. The van der Waals surface area contributed by atoms with E-state index < -0.39 is 10.0 Å². The zero-order valence-corrected chi connectivity index (χ0v) is 15.8. The molecule has 1 aromatic rings. The van der Waals surface area contributed by atoms with Gasteiger partial charge in [0.1, 0.15) is 10.6 Å². The smallest absolute Gasteiger partial charge is 0.267 e. The van der Waals surface area contributed by atoms with E-state index in [9.17, 15) is 13.2 Å². The van der Waals surface area contributed by atoms with Gasteiger partial charge in [-0.1, -0.05) is 6.42 Å². The summed E-state index contributed by atoms with van der Waals surface area (Å²) in [5.74, 6) is 0.561. The van der Waals surface area contributed by atoms with Crippen molar-refractivity contribution in [2.75, 3.05) is 20.3 Å². The number of hydrogen-bond donors (Lipinski definition) is 4. The Morgan fingerprint density at radius 1 is 1.35 bits per heavy atom. The van der Waals surface area contributed by atoms with Crippen molar-refractivity contribution in [2.45, 2.75) is 49.1 Å². The molecule has 0 radical (unpaired) electrons. The number of methoxy groups -OCH3 is 1. The molecule has 2 aliphatic carbocycles.